The van der Waals surface area contributed by atoms with E-state index in [4.69, 9.17) is 0 Å². The zero-order valence-electron chi connectivity index (χ0n) is 12.8. The van der Waals surface area contributed by atoms with Crippen LogP contribution >= 0.6 is 0 Å². The molecular weight excluding hydrogens is 276 g/mol. The van der Waals surface area contributed by atoms with Gasteiger partial charge in [0.05, 0.1) is 17.9 Å². The maximum absolute atomic E-state index is 9.29. The minimum absolute atomic E-state index is 0.493. The van der Waals surface area contributed by atoms with Gasteiger partial charge in [0, 0.05) is 12.4 Å². The number of nitriles is 1. The highest BCUT2D eigenvalue weighted by Gasteiger charge is 2.11. The van der Waals surface area contributed by atoms with Gasteiger partial charge in [-0.3, -0.25) is 0 Å². The van der Waals surface area contributed by atoms with E-state index in [0.29, 0.717) is 17.9 Å². The fourth-order valence-electron chi connectivity index (χ4n) is 2.26. The number of aromatic nitrogens is 4. The first-order valence-electron chi connectivity index (χ1n) is 7.00. The number of fused-ring (bicyclic) bond motifs is 1. The molecule has 0 unspecified atom stereocenters. The maximum Gasteiger partial charge on any atom is 0.167 e. The van der Waals surface area contributed by atoms with Crippen molar-refractivity contribution in [3.05, 3.63) is 52.6 Å². The largest absolute Gasteiger partial charge is 0.362 e. The first-order chi connectivity index (χ1) is 10.6. The molecule has 0 spiro atoms. The van der Waals surface area contributed by atoms with Gasteiger partial charge in [-0.15, -0.1) is 5.10 Å². The van der Waals surface area contributed by atoms with E-state index in [2.05, 4.69) is 26.6 Å². The smallest absolute Gasteiger partial charge is 0.167 e. The topological polar surface area (TPSA) is 78.9 Å². The van der Waals surface area contributed by atoms with Crippen molar-refractivity contribution in [1.82, 2.24) is 19.6 Å². The molecule has 6 heteroatoms. The highest BCUT2D eigenvalue weighted by molar-refractivity contribution is 5.56. The van der Waals surface area contributed by atoms with Crippen LogP contribution in [0.15, 0.2) is 24.5 Å². The van der Waals surface area contributed by atoms with Crippen molar-refractivity contribution in [3.8, 4) is 6.07 Å². The Balaban J connectivity index is 1.85. The number of rotatable bonds is 3. The van der Waals surface area contributed by atoms with E-state index in [1.54, 1.807) is 0 Å². The van der Waals surface area contributed by atoms with Crippen LogP contribution in [0, 0.1) is 32.1 Å². The Morgan fingerprint density at radius 3 is 2.86 bits per heavy atom. The molecule has 3 heterocycles. The van der Waals surface area contributed by atoms with Crippen LogP contribution in [0.5, 0.6) is 0 Å². The number of hydrogen-bond donors (Lipinski definition) is 1. The normalized spacial score (nSPS) is 10.6. The third-order valence-corrected chi connectivity index (χ3v) is 3.67. The first-order valence-corrected chi connectivity index (χ1v) is 7.00. The van der Waals surface area contributed by atoms with Gasteiger partial charge in [0.1, 0.15) is 17.3 Å². The SMILES string of the molecule is Cc1ccn2cc(CNc3nnc(C)c(C)c3C#N)nc2c1. The third kappa shape index (κ3) is 2.49. The number of nitrogens with one attached hydrogen (secondary N) is 1. The van der Waals surface area contributed by atoms with Crippen molar-refractivity contribution >= 4 is 11.5 Å². The van der Waals surface area contributed by atoms with Gasteiger partial charge in [-0.2, -0.15) is 10.4 Å². The number of imidazole rings is 1. The van der Waals surface area contributed by atoms with Gasteiger partial charge in [0.2, 0.25) is 0 Å². The van der Waals surface area contributed by atoms with Crippen LogP contribution in [-0.2, 0) is 6.54 Å². The molecule has 0 radical (unpaired) electrons. The molecule has 0 aliphatic rings. The monoisotopic (exact) mass is 292 g/mol. The number of anilines is 1. The van der Waals surface area contributed by atoms with Crippen LogP contribution in [0.2, 0.25) is 0 Å². The highest BCUT2D eigenvalue weighted by atomic mass is 15.2. The Morgan fingerprint density at radius 1 is 1.27 bits per heavy atom. The van der Waals surface area contributed by atoms with Crippen molar-refractivity contribution in [3.63, 3.8) is 0 Å². The molecular formula is C16H16N6. The van der Waals surface area contributed by atoms with Crippen LogP contribution in [0.4, 0.5) is 5.82 Å². The standard InChI is InChI=1S/C16H16N6/c1-10-4-5-22-9-13(19-15(22)6-10)8-18-16-14(7-17)11(2)12(3)20-21-16/h4-6,9H,8H2,1-3H3,(H,18,21). The fraction of sp³-hybridized carbons (Fsp3) is 0.250. The summed E-state index contributed by atoms with van der Waals surface area (Å²) in [6.45, 7) is 6.25. The van der Waals surface area contributed by atoms with Crippen LogP contribution in [0.25, 0.3) is 5.65 Å². The Bertz CT molecular complexity index is 888. The Hall–Kier alpha value is -2.94. The van der Waals surface area contributed by atoms with E-state index in [1.165, 1.54) is 5.56 Å². The summed E-state index contributed by atoms with van der Waals surface area (Å²) < 4.78 is 1.97. The van der Waals surface area contributed by atoms with Gasteiger partial charge in [0.25, 0.3) is 0 Å². The molecule has 0 bridgehead atoms. The Labute approximate surface area is 128 Å². The summed E-state index contributed by atoms with van der Waals surface area (Å²) in [5.74, 6) is 0.499. The van der Waals surface area contributed by atoms with Gasteiger partial charge in [-0.1, -0.05) is 0 Å². The zero-order valence-corrected chi connectivity index (χ0v) is 12.8. The average molecular weight is 292 g/mol. The third-order valence-electron chi connectivity index (χ3n) is 3.67. The summed E-state index contributed by atoms with van der Waals surface area (Å²) in [5.41, 5.74) is 5.12. The van der Waals surface area contributed by atoms with Gasteiger partial charge >= 0.3 is 0 Å². The molecule has 0 atom stereocenters. The molecule has 110 valence electrons. The van der Waals surface area contributed by atoms with Crippen molar-refractivity contribution in [2.45, 2.75) is 27.3 Å². The van der Waals surface area contributed by atoms with Crippen molar-refractivity contribution in [2.24, 2.45) is 0 Å². The minimum Gasteiger partial charge on any atom is -0.362 e. The lowest BCUT2D eigenvalue weighted by Gasteiger charge is -2.08. The molecule has 0 amide bonds. The molecule has 22 heavy (non-hydrogen) atoms. The first kappa shape index (κ1) is 14.0. The molecule has 0 saturated carbocycles. The second-order valence-corrected chi connectivity index (χ2v) is 5.30. The molecule has 1 N–H and O–H groups in total. The summed E-state index contributed by atoms with van der Waals surface area (Å²) in [7, 11) is 0. The van der Waals surface area contributed by atoms with E-state index in [-0.39, 0.29) is 0 Å². The summed E-state index contributed by atoms with van der Waals surface area (Å²) >= 11 is 0. The lowest BCUT2D eigenvalue weighted by Crippen LogP contribution is -2.07. The highest BCUT2D eigenvalue weighted by Crippen LogP contribution is 2.18. The quantitative estimate of drug-likeness (QED) is 0.802. The number of aryl methyl sites for hydroxylation is 2. The van der Waals surface area contributed by atoms with Gasteiger partial charge in [-0.25, -0.2) is 4.98 Å². The lowest BCUT2D eigenvalue weighted by atomic mass is 10.1. The number of nitrogens with zero attached hydrogens (tertiary/aromatic N) is 5. The number of hydrogen-bond acceptors (Lipinski definition) is 5. The second kappa shape index (κ2) is 5.45. The summed E-state index contributed by atoms with van der Waals surface area (Å²) in [6, 6.07) is 6.25. The van der Waals surface area contributed by atoms with E-state index in [0.717, 1.165) is 22.6 Å². The van der Waals surface area contributed by atoms with Gasteiger partial charge < -0.3 is 9.72 Å². The Kier molecular flexibility index (Phi) is 3.47. The maximum atomic E-state index is 9.29. The minimum atomic E-state index is 0.493. The average Bonchev–Trinajstić information content (AvgIpc) is 2.90. The summed E-state index contributed by atoms with van der Waals surface area (Å²) in [6.07, 6.45) is 3.94. The predicted octanol–water partition coefficient (Wildman–Crippen LogP) is 2.53. The second-order valence-electron chi connectivity index (χ2n) is 5.30. The lowest BCUT2D eigenvalue weighted by molar-refractivity contribution is 0.935. The van der Waals surface area contributed by atoms with Crippen molar-refractivity contribution in [2.75, 3.05) is 5.32 Å². The summed E-state index contributed by atoms with van der Waals surface area (Å²) in [4.78, 5) is 4.55. The van der Waals surface area contributed by atoms with Crippen LogP contribution < -0.4 is 5.32 Å². The van der Waals surface area contributed by atoms with E-state index in [9.17, 15) is 5.26 Å². The van der Waals surface area contributed by atoms with Gasteiger partial charge in [-0.05, 0) is 44.0 Å². The van der Waals surface area contributed by atoms with E-state index >= 15 is 0 Å². The van der Waals surface area contributed by atoms with Crippen LogP contribution in [0.3, 0.4) is 0 Å². The molecule has 3 aromatic heterocycles. The van der Waals surface area contributed by atoms with Crippen molar-refractivity contribution < 1.29 is 0 Å². The van der Waals surface area contributed by atoms with Crippen LogP contribution in [-0.4, -0.2) is 19.6 Å². The molecule has 3 aromatic rings. The van der Waals surface area contributed by atoms with Crippen LogP contribution in [0.1, 0.15) is 28.1 Å². The molecule has 0 aliphatic carbocycles. The molecule has 3 rings (SSSR count). The molecule has 0 fully saturated rings. The molecule has 6 nitrogen and oxygen atoms in total. The van der Waals surface area contributed by atoms with E-state index < -0.39 is 0 Å². The number of pyridine rings is 1. The van der Waals surface area contributed by atoms with Gasteiger partial charge in [0.15, 0.2) is 5.82 Å². The predicted molar refractivity (Wildman–Crippen MR) is 83.5 cm³/mol. The molecule has 0 aromatic carbocycles. The van der Waals surface area contributed by atoms with Crippen molar-refractivity contribution in [1.29, 1.82) is 5.26 Å². The molecule has 0 aliphatic heterocycles. The molecule has 0 saturated heterocycles. The van der Waals surface area contributed by atoms with E-state index in [1.807, 2.05) is 49.7 Å². The Morgan fingerprint density at radius 2 is 2.09 bits per heavy atom. The zero-order chi connectivity index (χ0) is 15.7. The summed E-state index contributed by atoms with van der Waals surface area (Å²) in [5, 5.41) is 20.6. The fourth-order valence-corrected chi connectivity index (χ4v) is 2.26.